The van der Waals surface area contributed by atoms with Crippen molar-refractivity contribution in [2.45, 2.75) is 19.3 Å². The highest BCUT2D eigenvalue weighted by molar-refractivity contribution is 6.30. The van der Waals surface area contributed by atoms with Crippen molar-refractivity contribution in [1.29, 1.82) is 0 Å². The van der Waals surface area contributed by atoms with Crippen LogP contribution in [0.5, 0.6) is 0 Å². The highest BCUT2D eigenvalue weighted by Crippen LogP contribution is 2.31. The minimum atomic E-state index is -0.112. The summed E-state index contributed by atoms with van der Waals surface area (Å²) in [6.45, 7) is 0.901. The molecule has 9 heteroatoms. The Balaban J connectivity index is 1.42. The van der Waals surface area contributed by atoms with E-state index in [1.54, 1.807) is 12.4 Å². The van der Waals surface area contributed by atoms with Gasteiger partial charge in [0.25, 0.3) is 5.89 Å². The van der Waals surface area contributed by atoms with Crippen LogP contribution < -0.4 is 0 Å². The van der Waals surface area contributed by atoms with Gasteiger partial charge in [0.05, 0.1) is 18.8 Å². The van der Waals surface area contributed by atoms with Crippen LogP contribution >= 0.6 is 11.6 Å². The molecule has 27 heavy (non-hydrogen) atoms. The maximum atomic E-state index is 6.00. The summed E-state index contributed by atoms with van der Waals surface area (Å²) in [6.07, 6.45) is 3.24. The Hall–Kier alpha value is -3.10. The number of halogens is 1. The van der Waals surface area contributed by atoms with Gasteiger partial charge in [0.15, 0.2) is 5.69 Å². The maximum Gasteiger partial charge on any atom is 0.280 e. The van der Waals surface area contributed by atoms with E-state index in [2.05, 4.69) is 25.4 Å². The Labute approximate surface area is 158 Å². The van der Waals surface area contributed by atoms with E-state index >= 15 is 0 Å². The highest BCUT2D eigenvalue weighted by atomic mass is 35.5. The molecular formula is C18H13ClN6O2. The van der Waals surface area contributed by atoms with Crippen LogP contribution in [0.1, 0.15) is 17.4 Å². The van der Waals surface area contributed by atoms with Gasteiger partial charge >= 0.3 is 0 Å². The van der Waals surface area contributed by atoms with E-state index in [1.165, 1.54) is 0 Å². The topological polar surface area (TPSA) is 91.8 Å². The molecule has 0 N–H and O–H groups in total. The summed E-state index contributed by atoms with van der Waals surface area (Å²) in [7, 11) is 0. The summed E-state index contributed by atoms with van der Waals surface area (Å²) in [6, 6.07) is 11.2. The molecule has 8 nitrogen and oxygen atoms in total. The number of ether oxygens (including phenoxy) is 1. The third-order valence-corrected chi connectivity index (χ3v) is 4.66. The van der Waals surface area contributed by atoms with Gasteiger partial charge in [0.2, 0.25) is 5.82 Å². The second-order valence-corrected chi connectivity index (χ2v) is 6.51. The predicted molar refractivity (Wildman–Crippen MR) is 95.5 cm³/mol. The number of benzene rings is 1. The Morgan fingerprint density at radius 2 is 1.89 bits per heavy atom. The number of nitrogens with zero attached hydrogens (tertiary/aromatic N) is 6. The number of pyridine rings is 1. The number of hydrogen-bond donors (Lipinski definition) is 0. The van der Waals surface area contributed by atoms with E-state index in [9.17, 15) is 0 Å². The highest BCUT2D eigenvalue weighted by Gasteiger charge is 2.28. The lowest BCUT2D eigenvalue weighted by Crippen LogP contribution is -2.22. The Bertz CT molecular complexity index is 1080. The predicted octanol–water partition coefficient (Wildman–Crippen LogP) is 3.32. The molecule has 0 spiro atoms. The lowest BCUT2D eigenvalue weighted by atomic mass is 10.1. The number of fused-ring (bicyclic) bond motifs is 1. The quantitative estimate of drug-likeness (QED) is 0.538. The van der Waals surface area contributed by atoms with Crippen molar-refractivity contribution < 1.29 is 9.26 Å². The van der Waals surface area contributed by atoms with E-state index in [4.69, 9.17) is 20.9 Å². The lowest BCUT2D eigenvalue weighted by molar-refractivity contribution is -0.00117. The Morgan fingerprint density at radius 1 is 1.07 bits per heavy atom. The zero-order valence-corrected chi connectivity index (χ0v) is 14.7. The molecule has 0 radical (unpaired) electrons. The standard InChI is InChI=1S/C18H13ClN6O2/c19-13-3-1-11(2-4-13)15-9-25-14(10-26-15)16(22-24-25)18-21-17(23-27-18)12-5-7-20-8-6-12/h1-8,15H,9-10H2. The zero-order valence-electron chi connectivity index (χ0n) is 14.0. The molecule has 5 rings (SSSR count). The molecule has 134 valence electrons. The van der Waals surface area contributed by atoms with E-state index in [1.807, 2.05) is 41.1 Å². The molecule has 0 bridgehead atoms. The second-order valence-electron chi connectivity index (χ2n) is 6.08. The number of rotatable bonds is 3. The fourth-order valence-electron chi connectivity index (χ4n) is 2.99. The molecule has 0 amide bonds. The fraction of sp³-hybridized carbons (Fsp3) is 0.167. The summed E-state index contributed by atoms with van der Waals surface area (Å²) in [4.78, 5) is 8.41. The van der Waals surface area contributed by atoms with Gasteiger partial charge in [-0.3, -0.25) is 4.98 Å². The van der Waals surface area contributed by atoms with Crippen molar-refractivity contribution in [3.63, 3.8) is 0 Å². The van der Waals surface area contributed by atoms with Crippen molar-refractivity contribution in [3.8, 4) is 23.0 Å². The molecule has 0 fully saturated rings. The van der Waals surface area contributed by atoms with Crippen LogP contribution in [-0.2, 0) is 17.9 Å². The normalized spacial score (nSPS) is 16.3. The first-order valence-corrected chi connectivity index (χ1v) is 8.69. The molecule has 0 saturated heterocycles. The summed E-state index contributed by atoms with van der Waals surface area (Å²) >= 11 is 5.95. The Kier molecular flexibility index (Phi) is 3.92. The summed E-state index contributed by atoms with van der Waals surface area (Å²) in [5, 5.41) is 13.2. The molecule has 0 saturated carbocycles. The van der Waals surface area contributed by atoms with E-state index < -0.39 is 0 Å². The van der Waals surface area contributed by atoms with Crippen molar-refractivity contribution in [3.05, 3.63) is 65.1 Å². The van der Waals surface area contributed by atoms with Gasteiger partial charge in [-0.05, 0) is 29.8 Å². The van der Waals surface area contributed by atoms with Crippen molar-refractivity contribution >= 4 is 11.6 Å². The van der Waals surface area contributed by atoms with E-state index in [0.717, 1.165) is 16.8 Å². The van der Waals surface area contributed by atoms with Gasteiger partial charge in [-0.15, -0.1) is 5.10 Å². The summed E-state index contributed by atoms with van der Waals surface area (Å²) in [5.74, 6) is 0.793. The summed E-state index contributed by atoms with van der Waals surface area (Å²) < 4.78 is 13.2. The molecule has 1 aliphatic rings. The second kappa shape index (κ2) is 6.57. The van der Waals surface area contributed by atoms with Crippen LogP contribution in [-0.4, -0.2) is 30.1 Å². The molecule has 4 heterocycles. The van der Waals surface area contributed by atoms with Crippen LogP contribution in [0.25, 0.3) is 23.0 Å². The molecule has 1 aliphatic heterocycles. The van der Waals surface area contributed by atoms with Gasteiger partial charge < -0.3 is 9.26 Å². The van der Waals surface area contributed by atoms with Crippen LogP contribution in [0.4, 0.5) is 0 Å². The number of hydrogen-bond acceptors (Lipinski definition) is 7. The van der Waals surface area contributed by atoms with Crippen molar-refractivity contribution in [2.24, 2.45) is 0 Å². The number of aromatic nitrogens is 6. The first kappa shape index (κ1) is 16.1. The maximum absolute atomic E-state index is 6.00. The monoisotopic (exact) mass is 380 g/mol. The molecule has 1 atom stereocenters. The van der Waals surface area contributed by atoms with Crippen molar-refractivity contribution in [1.82, 2.24) is 30.1 Å². The molecular weight excluding hydrogens is 368 g/mol. The van der Waals surface area contributed by atoms with Crippen LogP contribution in [0, 0.1) is 0 Å². The average Bonchev–Trinajstić information content (AvgIpc) is 3.36. The van der Waals surface area contributed by atoms with Crippen molar-refractivity contribution in [2.75, 3.05) is 0 Å². The largest absolute Gasteiger partial charge is 0.365 e. The minimum absolute atomic E-state index is 0.112. The zero-order chi connectivity index (χ0) is 18.2. The molecule has 4 aromatic rings. The third-order valence-electron chi connectivity index (χ3n) is 4.41. The molecule has 3 aromatic heterocycles. The van der Waals surface area contributed by atoms with Gasteiger partial charge in [0.1, 0.15) is 6.10 Å². The average molecular weight is 381 g/mol. The third kappa shape index (κ3) is 2.98. The SMILES string of the molecule is Clc1ccc(C2Cn3nnc(-c4nc(-c5ccncc5)no4)c3CO2)cc1. The molecule has 0 aliphatic carbocycles. The van der Waals surface area contributed by atoms with Gasteiger partial charge in [-0.1, -0.05) is 34.1 Å². The van der Waals surface area contributed by atoms with Crippen LogP contribution in [0.2, 0.25) is 5.02 Å². The smallest absolute Gasteiger partial charge is 0.280 e. The first-order chi connectivity index (χ1) is 13.3. The summed E-state index contributed by atoms with van der Waals surface area (Å²) in [5.41, 5.74) is 3.21. The van der Waals surface area contributed by atoms with E-state index in [0.29, 0.717) is 35.6 Å². The Morgan fingerprint density at radius 3 is 2.70 bits per heavy atom. The van der Waals surface area contributed by atoms with Gasteiger partial charge in [-0.25, -0.2) is 4.68 Å². The first-order valence-electron chi connectivity index (χ1n) is 8.32. The molecule has 1 aromatic carbocycles. The lowest BCUT2D eigenvalue weighted by Gasteiger charge is -2.24. The minimum Gasteiger partial charge on any atom is -0.365 e. The van der Waals surface area contributed by atoms with Gasteiger partial charge in [-0.2, -0.15) is 4.98 Å². The fourth-order valence-corrected chi connectivity index (χ4v) is 3.12. The van der Waals surface area contributed by atoms with E-state index in [-0.39, 0.29) is 6.10 Å². The van der Waals surface area contributed by atoms with Crippen LogP contribution in [0.3, 0.4) is 0 Å². The van der Waals surface area contributed by atoms with Gasteiger partial charge in [0, 0.05) is 23.0 Å². The molecule has 1 unspecified atom stereocenters. The van der Waals surface area contributed by atoms with Crippen LogP contribution in [0.15, 0.2) is 53.3 Å².